The lowest BCUT2D eigenvalue weighted by atomic mass is 10.1. The molecule has 4 rings (SSSR count). The fourth-order valence-corrected chi connectivity index (χ4v) is 3.36. The van der Waals surface area contributed by atoms with Crippen molar-refractivity contribution in [2.45, 2.75) is 18.9 Å². The van der Waals surface area contributed by atoms with E-state index >= 15 is 0 Å². The third-order valence-electron chi connectivity index (χ3n) is 4.49. The molecule has 0 saturated heterocycles. The Bertz CT molecular complexity index is 1010. The lowest BCUT2D eigenvalue weighted by molar-refractivity contribution is 0.0938. The van der Waals surface area contributed by atoms with Crippen molar-refractivity contribution >= 4 is 16.8 Å². The molecule has 1 aliphatic rings. The predicted molar refractivity (Wildman–Crippen MR) is 89.5 cm³/mol. The van der Waals surface area contributed by atoms with E-state index in [1.807, 2.05) is 18.2 Å². The number of rotatable bonds is 2. The van der Waals surface area contributed by atoms with Gasteiger partial charge in [0.25, 0.3) is 5.91 Å². The van der Waals surface area contributed by atoms with Crippen LogP contribution in [0.25, 0.3) is 10.9 Å². The van der Waals surface area contributed by atoms with Crippen molar-refractivity contribution in [1.82, 2.24) is 10.3 Å². The van der Waals surface area contributed by atoms with Crippen LogP contribution in [-0.4, -0.2) is 10.9 Å². The minimum Gasteiger partial charge on any atom is -0.345 e. The van der Waals surface area contributed by atoms with Gasteiger partial charge in [0.2, 0.25) is 5.56 Å². The summed E-state index contributed by atoms with van der Waals surface area (Å²) in [6.07, 6.45) is 1.75. The largest absolute Gasteiger partial charge is 0.345 e. The highest BCUT2D eigenvalue weighted by atomic mass is 19.1. The van der Waals surface area contributed by atoms with E-state index in [9.17, 15) is 14.0 Å². The van der Waals surface area contributed by atoms with E-state index in [1.165, 1.54) is 29.8 Å². The van der Waals surface area contributed by atoms with Crippen LogP contribution >= 0.6 is 0 Å². The van der Waals surface area contributed by atoms with Gasteiger partial charge in [0.05, 0.1) is 17.1 Å². The number of nitrogens with one attached hydrogen (secondary N) is 2. The molecule has 24 heavy (non-hydrogen) atoms. The topological polar surface area (TPSA) is 62.0 Å². The average molecular weight is 322 g/mol. The first kappa shape index (κ1) is 14.6. The van der Waals surface area contributed by atoms with Gasteiger partial charge in [-0.15, -0.1) is 0 Å². The molecular formula is C19H15FN2O2. The summed E-state index contributed by atoms with van der Waals surface area (Å²) in [6.45, 7) is 0. The van der Waals surface area contributed by atoms with Gasteiger partial charge < -0.3 is 10.3 Å². The molecule has 120 valence electrons. The zero-order valence-corrected chi connectivity index (χ0v) is 12.8. The molecule has 0 aliphatic heterocycles. The number of carbonyl (C=O) groups excluding carboxylic acids is 1. The second kappa shape index (κ2) is 5.60. The number of aryl methyl sites for hydroxylation is 1. The van der Waals surface area contributed by atoms with Gasteiger partial charge in [0.1, 0.15) is 5.82 Å². The first-order valence-electron chi connectivity index (χ1n) is 7.83. The fraction of sp³-hybridized carbons (Fsp3) is 0.158. The van der Waals surface area contributed by atoms with Crippen molar-refractivity contribution in [1.29, 1.82) is 0 Å². The summed E-state index contributed by atoms with van der Waals surface area (Å²) >= 11 is 0. The molecule has 1 aliphatic carbocycles. The Balaban J connectivity index is 1.71. The van der Waals surface area contributed by atoms with Crippen LogP contribution in [0.2, 0.25) is 0 Å². The van der Waals surface area contributed by atoms with Crippen LogP contribution < -0.4 is 10.9 Å². The monoisotopic (exact) mass is 322 g/mol. The number of halogens is 1. The highest BCUT2D eigenvalue weighted by Gasteiger charge is 2.24. The van der Waals surface area contributed by atoms with Crippen LogP contribution in [0.5, 0.6) is 0 Å². The smallest absolute Gasteiger partial charge is 0.252 e. The standard InChI is InChI=1S/C19H15FN2O2/c20-12-6-7-14-15(10-18(23)21-17(14)9-12)19(24)22-16-8-5-11-3-1-2-4-13(11)16/h1-4,6-7,9-10,16H,5,8H2,(H,21,23)(H,22,24)/t16-/m1/s1. The first-order valence-corrected chi connectivity index (χ1v) is 7.83. The fourth-order valence-electron chi connectivity index (χ4n) is 3.36. The van der Waals surface area contributed by atoms with E-state index in [2.05, 4.69) is 16.4 Å². The van der Waals surface area contributed by atoms with Crippen molar-refractivity contribution in [3.63, 3.8) is 0 Å². The molecule has 0 spiro atoms. The molecule has 4 nitrogen and oxygen atoms in total. The van der Waals surface area contributed by atoms with Crippen LogP contribution in [-0.2, 0) is 6.42 Å². The number of pyridine rings is 1. The summed E-state index contributed by atoms with van der Waals surface area (Å²) in [7, 11) is 0. The quantitative estimate of drug-likeness (QED) is 0.761. The van der Waals surface area contributed by atoms with E-state index < -0.39 is 11.4 Å². The van der Waals surface area contributed by atoms with E-state index in [0.29, 0.717) is 10.9 Å². The Hall–Kier alpha value is -2.95. The van der Waals surface area contributed by atoms with Crippen LogP contribution in [0.1, 0.15) is 33.9 Å². The number of carbonyl (C=O) groups is 1. The molecule has 2 aromatic carbocycles. The maximum atomic E-state index is 13.4. The van der Waals surface area contributed by atoms with E-state index in [1.54, 1.807) is 0 Å². The molecule has 0 bridgehead atoms. The third-order valence-corrected chi connectivity index (χ3v) is 4.49. The Morgan fingerprint density at radius 1 is 1.17 bits per heavy atom. The normalized spacial score (nSPS) is 16.1. The van der Waals surface area contributed by atoms with Gasteiger partial charge in [-0.2, -0.15) is 0 Å². The van der Waals surface area contributed by atoms with Gasteiger partial charge in [-0.05, 0) is 42.2 Å². The van der Waals surface area contributed by atoms with Gasteiger partial charge in [0, 0.05) is 11.5 Å². The van der Waals surface area contributed by atoms with Gasteiger partial charge >= 0.3 is 0 Å². The van der Waals surface area contributed by atoms with Crippen molar-refractivity contribution in [2.24, 2.45) is 0 Å². The molecule has 2 N–H and O–H groups in total. The minimum absolute atomic E-state index is 0.0662. The summed E-state index contributed by atoms with van der Waals surface area (Å²) in [5.41, 5.74) is 2.51. The number of hydrogen-bond donors (Lipinski definition) is 2. The number of amides is 1. The highest BCUT2D eigenvalue weighted by molar-refractivity contribution is 6.06. The summed E-state index contributed by atoms with van der Waals surface area (Å²) in [6, 6.07) is 13.2. The van der Waals surface area contributed by atoms with E-state index in [-0.39, 0.29) is 17.5 Å². The maximum absolute atomic E-state index is 13.4. The zero-order valence-electron chi connectivity index (χ0n) is 12.8. The summed E-state index contributed by atoms with van der Waals surface area (Å²) < 4.78 is 13.4. The molecule has 3 aromatic rings. The molecular weight excluding hydrogens is 307 g/mol. The van der Waals surface area contributed by atoms with Crippen LogP contribution in [0.4, 0.5) is 4.39 Å². The molecule has 1 aromatic heterocycles. The summed E-state index contributed by atoms with van der Waals surface area (Å²) in [4.78, 5) is 27.1. The molecule has 5 heteroatoms. The maximum Gasteiger partial charge on any atom is 0.252 e. The second-order valence-electron chi connectivity index (χ2n) is 6.00. The van der Waals surface area contributed by atoms with Crippen molar-refractivity contribution in [3.05, 3.63) is 81.4 Å². The Kier molecular flexibility index (Phi) is 3.41. The lowest BCUT2D eigenvalue weighted by Gasteiger charge is -2.15. The predicted octanol–water partition coefficient (Wildman–Crippen LogP) is 3.08. The SMILES string of the molecule is O=C(N[C@@H]1CCc2ccccc21)c1cc(=O)[nH]c2cc(F)ccc12. The number of hydrogen-bond acceptors (Lipinski definition) is 2. The van der Waals surface area contributed by atoms with Crippen LogP contribution in [0.15, 0.2) is 53.3 Å². The third kappa shape index (κ3) is 2.48. The number of benzene rings is 2. The average Bonchev–Trinajstić information content (AvgIpc) is 2.97. The number of aromatic amines is 1. The first-order chi connectivity index (χ1) is 11.6. The number of fused-ring (bicyclic) bond motifs is 2. The van der Waals surface area contributed by atoms with Crippen molar-refractivity contribution in [3.8, 4) is 0 Å². The Morgan fingerprint density at radius 2 is 2.00 bits per heavy atom. The Labute approximate surface area is 137 Å². The molecule has 1 heterocycles. The molecule has 0 unspecified atom stereocenters. The molecule has 0 fully saturated rings. The summed E-state index contributed by atoms with van der Waals surface area (Å²) in [5.74, 6) is -0.778. The lowest BCUT2D eigenvalue weighted by Crippen LogP contribution is -2.28. The van der Waals surface area contributed by atoms with Gasteiger partial charge in [0.15, 0.2) is 0 Å². The molecule has 0 saturated carbocycles. The van der Waals surface area contributed by atoms with Crippen molar-refractivity contribution < 1.29 is 9.18 Å². The Morgan fingerprint density at radius 3 is 2.88 bits per heavy atom. The number of H-pyrrole nitrogens is 1. The second-order valence-corrected chi connectivity index (χ2v) is 6.00. The summed E-state index contributed by atoms with van der Waals surface area (Å²) in [5, 5.41) is 3.53. The van der Waals surface area contributed by atoms with Crippen LogP contribution in [0, 0.1) is 5.82 Å². The molecule has 0 radical (unpaired) electrons. The van der Waals surface area contributed by atoms with E-state index in [0.717, 1.165) is 18.4 Å². The molecule has 1 amide bonds. The van der Waals surface area contributed by atoms with Gasteiger partial charge in [-0.3, -0.25) is 9.59 Å². The van der Waals surface area contributed by atoms with Gasteiger partial charge in [-0.1, -0.05) is 24.3 Å². The minimum atomic E-state index is -0.458. The van der Waals surface area contributed by atoms with Crippen molar-refractivity contribution in [2.75, 3.05) is 0 Å². The van der Waals surface area contributed by atoms with E-state index in [4.69, 9.17) is 0 Å². The van der Waals surface area contributed by atoms with Gasteiger partial charge in [-0.25, -0.2) is 4.39 Å². The molecule has 1 atom stereocenters. The zero-order chi connectivity index (χ0) is 16.7. The highest BCUT2D eigenvalue weighted by Crippen LogP contribution is 2.31. The van der Waals surface area contributed by atoms with Crippen LogP contribution in [0.3, 0.4) is 0 Å². The number of aromatic nitrogens is 1.